The second kappa shape index (κ2) is 8.63. The molecule has 0 saturated heterocycles. The third-order valence-corrected chi connectivity index (χ3v) is 7.78. The Morgan fingerprint density at radius 3 is 2.50 bits per heavy atom. The number of esters is 1. The molecule has 0 radical (unpaired) electrons. The van der Waals surface area contributed by atoms with E-state index in [9.17, 15) is 13.2 Å². The Morgan fingerprint density at radius 2 is 1.82 bits per heavy atom. The SMILES string of the molecule is Cc1ccc(Br)c(S(=O)(=O)c2cnc3[nH]cc(-c4ccc(C(=O)OC(C)(C)C)c(C)c4)c3n2)c1. The number of hydrogen-bond acceptors (Lipinski definition) is 6. The standard InChI is InChI=1S/C25H24BrN3O4S/c1-14-6-9-19(26)20(10-14)34(31,32)21-13-28-23-22(29-21)18(12-27-23)16-7-8-17(15(2)11-16)24(30)33-25(3,4)5/h6-13H,1-5H3,(H,27,28). The molecule has 0 aliphatic heterocycles. The lowest BCUT2D eigenvalue weighted by Gasteiger charge is -2.20. The summed E-state index contributed by atoms with van der Waals surface area (Å²) in [5, 5.41) is -0.144. The summed E-state index contributed by atoms with van der Waals surface area (Å²) < 4.78 is 32.6. The first-order valence-electron chi connectivity index (χ1n) is 10.6. The summed E-state index contributed by atoms with van der Waals surface area (Å²) in [6, 6.07) is 10.5. The van der Waals surface area contributed by atoms with Gasteiger partial charge in [0.2, 0.25) is 9.84 Å². The van der Waals surface area contributed by atoms with E-state index in [1.807, 2.05) is 46.8 Å². The van der Waals surface area contributed by atoms with Gasteiger partial charge in [-0.1, -0.05) is 18.2 Å². The summed E-state index contributed by atoms with van der Waals surface area (Å²) in [6.07, 6.45) is 2.98. The highest BCUT2D eigenvalue weighted by Gasteiger charge is 2.25. The third kappa shape index (κ3) is 4.63. The molecule has 176 valence electrons. The average molecular weight is 542 g/mol. The van der Waals surface area contributed by atoms with Crippen molar-refractivity contribution in [1.82, 2.24) is 15.0 Å². The molecule has 9 heteroatoms. The van der Waals surface area contributed by atoms with Crippen LogP contribution in [0.2, 0.25) is 0 Å². The number of ether oxygens (including phenoxy) is 1. The molecule has 2 aromatic heterocycles. The van der Waals surface area contributed by atoms with E-state index in [1.165, 1.54) is 6.20 Å². The number of benzene rings is 2. The van der Waals surface area contributed by atoms with Crippen LogP contribution in [0.5, 0.6) is 0 Å². The number of carbonyl (C=O) groups is 1. The third-order valence-electron chi connectivity index (χ3n) is 5.17. The number of nitrogens with zero attached hydrogens (tertiary/aromatic N) is 2. The van der Waals surface area contributed by atoms with Gasteiger partial charge in [-0.25, -0.2) is 23.2 Å². The van der Waals surface area contributed by atoms with E-state index in [2.05, 4.69) is 30.9 Å². The molecule has 0 aliphatic carbocycles. The van der Waals surface area contributed by atoms with E-state index < -0.39 is 21.4 Å². The Labute approximate surface area is 206 Å². The number of hydrogen-bond donors (Lipinski definition) is 1. The first-order valence-corrected chi connectivity index (χ1v) is 12.8. The predicted molar refractivity (Wildman–Crippen MR) is 134 cm³/mol. The number of aromatic amines is 1. The number of halogens is 1. The Bertz CT molecular complexity index is 1540. The van der Waals surface area contributed by atoms with Gasteiger partial charge in [0.25, 0.3) is 0 Å². The maximum atomic E-state index is 13.3. The summed E-state index contributed by atoms with van der Waals surface area (Å²) in [6.45, 7) is 9.11. The van der Waals surface area contributed by atoms with E-state index in [1.54, 1.807) is 30.5 Å². The van der Waals surface area contributed by atoms with Crippen LogP contribution in [0.15, 0.2) is 63.2 Å². The summed E-state index contributed by atoms with van der Waals surface area (Å²) in [4.78, 5) is 24.5. The van der Waals surface area contributed by atoms with Crippen molar-refractivity contribution in [2.24, 2.45) is 0 Å². The fraction of sp³-hybridized carbons (Fsp3) is 0.240. The maximum Gasteiger partial charge on any atom is 0.338 e. The molecule has 0 unspecified atom stereocenters. The first kappa shape index (κ1) is 24.1. The molecular formula is C25H24BrN3O4S. The highest BCUT2D eigenvalue weighted by atomic mass is 79.9. The van der Waals surface area contributed by atoms with Crippen LogP contribution in [0.25, 0.3) is 22.3 Å². The Hall–Kier alpha value is -3.04. The zero-order valence-corrected chi connectivity index (χ0v) is 21.8. The van der Waals surface area contributed by atoms with Gasteiger partial charge in [-0.3, -0.25) is 0 Å². The van der Waals surface area contributed by atoms with Gasteiger partial charge in [-0.05, 0) is 85.4 Å². The highest BCUT2D eigenvalue weighted by molar-refractivity contribution is 9.10. The molecule has 0 saturated carbocycles. The maximum absolute atomic E-state index is 13.3. The number of rotatable bonds is 4. The number of aryl methyl sites for hydroxylation is 2. The van der Waals surface area contributed by atoms with Gasteiger partial charge in [0.15, 0.2) is 10.7 Å². The second-order valence-electron chi connectivity index (χ2n) is 9.08. The molecule has 4 rings (SSSR count). The van der Waals surface area contributed by atoms with Crippen LogP contribution in [0.4, 0.5) is 0 Å². The lowest BCUT2D eigenvalue weighted by atomic mass is 10.0. The van der Waals surface area contributed by atoms with Crippen LogP contribution in [0.1, 0.15) is 42.3 Å². The van der Waals surface area contributed by atoms with Crippen molar-refractivity contribution in [2.45, 2.75) is 50.1 Å². The van der Waals surface area contributed by atoms with Crippen molar-refractivity contribution in [3.8, 4) is 11.1 Å². The number of H-pyrrole nitrogens is 1. The van der Waals surface area contributed by atoms with Crippen LogP contribution >= 0.6 is 15.9 Å². The van der Waals surface area contributed by atoms with Gasteiger partial charge in [-0.2, -0.15) is 0 Å². The molecular weight excluding hydrogens is 518 g/mol. The van der Waals surface area contributed by atoms with Gasteiger partial charge in [0, 0.05) is 16.2 Å². The topological polar surface area (TPSA) is 102 Å². The molecule has 1 N–H and O–H groups in total. The summed E-state index contributed by atoms with van der Waals surface area (Å²) >= 11 is 3.33. The molecule has 0 bridgehead atoms. The van der Waals surface area contributed by atoms with Crippen LogP contribution in [0.3, 0.4) is 0 Å². The van der Waals surface area contributed by atoms with Crippen LogP contribution in [0, 0.1) is 13.8 Å². The van der Waals surface area contributed by atoms with Gasteiger partial charge in [0.05, 0.1) is 16.7 Å². The minimum absolute atomic E-state index is 0.135. The van der Waals surface area contributed by atoms with Crippen LogP contribution in [-0.2, 0) is 14.6 Å². The molecule has 4 aromatic rings. The number of aromatic nitrogens is 3. The minimum atomic E-state index is -3.90. The lowest BCUT2D eigenvalue weighted by molar-refractivity contribution is 0.00687. The van der Waals surface area contributed by atoms with Crippen molar-refractivity contribution in [2.75, 3.05) is 0 Å². The molecule has 0 fully saturated rings. The molecule has 2 aromatic carbocycles. The van der Waals surface area contributed by atoms with Crippen molar-refractivity contribution in [3.63, 3.8) is 0 Å². The number of carbonyl (C=O) groups excluding carboxylic acids is 1. The van der Waals surface area contributed by atoms with Crippen molar-refractivity contribution in [3.05, 3.63) is 70.0 Å². The van der Waals surface area contributed by atoms with E-state index >= 15 is 0 Å². The quantitative estimate of drug-likeness (QED) is 0.328. The second-order valence-corrected chi connectivity index (χ2v) is 11.8. The van der Waals surface area contributed by atoms with Crippen molar-refractivity contribution >= 4 is 42.9 Å². The predicted octanol–water partition coefficient (Wildman–Crippen LogP) is 5.79. The molecule has 0 spiro atoms. The normalized spacial score (nSPS) is 12.2. The molecule has 0 atom stereocenters. The van der Waals surface area contributed by atoms with Crippen LogP contribution in [-0.4, -0.2) is 34.9 Å². The van der Waals surface area contributed by atoms with E-state index in [4.69, 9.17) is 4.74 Å². The average Bonchev–Trinajstić information content (AvgIpc) is 3.17. The number of nitrogens with one attached hydrogen (secondary N) is 1. The molecule has 34 heavy (non-hydrogen) atoms. The molecule has 0 aliphatic rings. The summed E-state index contributed by atoms with van der Waals surface area (Å²) in [7, 11) is -3.90. The Balaban J connectivity index is 1.77. The van der Waals surface area contributed by atoms with Crippen LogP contribution < -0.4 is 0 Å². The minimum Gasteiger partial charge on any atom is -0.456 e. The van der Waals surface area contributed by atoms with Gasteiger partial charge >= 0.3 is 5.97 Å². The highest BCUT2D eigenvalue weighted by Crippen LogP contribution is 2.32. The number of fused-ring (bicyclic) bond motifs is 1. The smallest absolute Gasteiger partial charge is 0.338 e. The number of sulfone groups is 1. The molecule has 0 amide bonds. The Morgan fingerprint density at radius 1 is 1.09 bits per heavy atom. The van der Waals surface area contributed by atoms with Crippen molar-refractivity contribution < 1.29 is 17.9 Å². The summed E-state index contributed by atoms with van der Waals surface area (Å²) in [5.41, 5.74) is 3.78. The van der Waals surface area contributed by atoms with E-state index in [0.717, 1.165) is 16.7 Å². The zero-order chi connectivity index (χ0) is 24.8. The first-order chi connectivity index (χ1) is 15.9. The lowest BCUT2D eigenvalue weighted by Crippen LogP contribution is -2.24. The molecule has 7 nitrogen and oxygen atoms in total. The zero-order valence-electron chi connectivity index (χ0n) is 19.4. The summed E-state index contributed by atoms with van der Waals surface area (Å²) in [5.74, 6) is -0.396. The van der Waals surface area contributed by atoms with Gasteiger partial charge < -0.3 is 9.72 Å². The van der Waals surface area contributed by atoms with Gasteiger partial charge in [-0.15, -0.1) is 0 Å². The van der Waals surface area contributed by atoms with E-state index in [0.29, 0.717) is 26.8 Å². The fourth-order valence-corrected chi connectivity index (χ4v) is 5.73. The fourth-order valence-electron chi connectivity index (χ4n) is 3.55. The van der Waals surface area contributed by atoms with Gasteiger partial charge in [0.1, 0.15) is 11.1 Å². The largest absolute Gasteiger partial charge is 0.456 e. The Kier molecular flexibility index (Phi) is 6.12. The molecule has 2 heterocycles. The van der Waals surface area contributed by atoms with E-state index in [-0.39, 0.29) is 9.92 Å². The monoisotopic (exact) mass is 541 g/mol. The van der Waals surface area contributed by atoms with Crippen molar-refractivity contribution in [1.29, 1.82) is 0 Å².